The van der Waals surface area contributed by atoms with Crippen molar-refractivity contribution >= 4 is 41.8 Å². The van der Waals surface area contributed by atoms with Gasteiger partial charge in [0.1, 0.15) is 12.1 Å². The van der Waals surface area contributed by atoms with Crippen molar-refractivity contribution in [2.75, 3.05) is 13.7 Å². The van der Waals surface area contributed by atoms with Gasteiger partial charge < -0.3 is 43.6 Å². The minimum atomic E-state index is -1.83. The van der Waals surface area contributed by atoms with Gasteiger partial charge in [-0.15, -0.1) is 0 Å². The molecule has 290 valence electrons. The highest BCUT2D eigenvalue weighted by molar-refractivity contribution is 5.89. The van der Waals surface area contributed by atoms with Gasteiger partial charge in [-0.3, -0.25) is 24.0 Å². The summed E-state index contributed by atoms with van der Waals surface area (Å²) in [7, 11) is 1.01. The SMILES string of the molecule is COC(=O)[C@H]1O[C@@H](OC[C@H](NN2C(=O)[C@H](C(C)C)NC(=O)O[C@H]2C2c3ccccc3-c3ccccc32)C(=O)O)[C@H](OC(C)=O)[C@@H](OC(C)=O)[C@@H]1OC(C)=O. The van der Waals surface area contributed by atoms with E-state index in [2.05, 4.69) is 10.7 Å². The highest BCUT2D eigenvalue weighted by Gasteiger charge is 2.56. The van der Waals surface area contributed by atoms with Crippen LogP contribution in [0.15, 0.2) is 48.5 Å². The minimum Gasteiger partial charge on any atom is -0.480 e. The zero-order valence-electron chi connectivity index (χ0n) is 30.2. The number of methoxy groups -OCH3 is 1. The minimum absolute atomic E-state index is 0.463. The van der Waals surface area contributed by atoms with E-state index in [4.69, 9.17) is 33.2 Å². The van der Waals surface area contributed by atoms with Crippen molar-refractivity contribution < 1.29 is 71.8 Å². The molecule has 2 aliphatic heterocycles. The molecule has 2 amide bonds. The Bertz CT molecular complexity index is 1750. The van der Waals surface area contributed by atoms with E-state index in [1.165, 1.54) is 0 Å². The van der Waals surface area contributed by atoms with Crippen molar-refractivity contribution in [3.05, 3.63) is 59.7 Å². The van der Waals surface area contributed by atoms with E-state index in [1.54, 1.807) is 26.0 Å². The normalized spacial score (nSPS) is 25.6. The predicted molar refractivity (Wildman–Crippen MR) is 180 cm³/mol. The number of hydrogen-bond acceptors (Lipinski definition) is 15. The van der Waals surface area contributed by atoms with Crippen LogP contribution in [0.5, 0.6) is 0 Å². The van der Waals surface area contributed by atoms with Gasteiger partial charge in [0.2, 0.25) is 6.23 Å². The average Bonchev–Trinajstić information content (AvgIpc) is 3.38. The van der Waals surface area contributed by atoms with E-state index < -0.39 is 109 Å². The number of benzene rings is 2. The van der Waals surface area contributed by atoms with Crippen LogP contribution in [0.1, 0.15) is 51.7 Å². The molecule has 3 aliphatic rings. The Balaban J connectivity index is 1.51. The summed E-state index contributed by atoms with van der Waals surface area (Å²) in [4.78, 5) is 89.7. The lowest BCUT2D eigenvalue weighted by atomic mass is 9.94. The number of hydrazine groups is 1. The molecule has 0 bridgehead atoms. The number of alkyl carbamates (subject to hydrolysis) is 1. The summed E-state index contributed by atoms with van der Waals surface area (Å²) in [6.07, 6.45) is -11.0. The van der Waals surface area contributed by atoms with Crippen molar-refractivity contribution in [2.45, 2.75) is 89.6 Å². The van der Waals surface area contributed by atoms with Crippen LogP contribution in [0.25, 0.3) is 11.1 Å². The maximum Gasteiger partial charge on any atom is 0.409 e. The lowest BCUT2D eigenvalue weighted by molar-refractivity contribution is -0.302. The van der Waals surface area contributed by atoms with Crippen LogP contribution >= 0.6 is 0 Å². The first-order valence-corrected chi connectivity index (χ1v) is 17.0. The first-order chi connectivity index (χ1) is 25.6. The van der Waals surface area contributed by atoms with Crippen LogP contribution in [-0.4, -0.2) is 115 Å². The molecule has 1 aliphatic carbocycles. The molecular weight excluding hydrogens is 714 g/mol. The number of amides is 2. The molecule has 2 aromatic carbocycles. The lowest BCUT2D eigenvalue weighted by Crippen LogP contribution is -2.65. The number of carbonyl (C=O) groups is 7. The molecule has 2 fully saturated rings. The Morgan fingerprint density at radius 2 is 1.39 bits per heavy atom. The smallest absolute Gasteiger partial charge is 0.409 e. The molecule has 0 saturated carbocycles. The van der Waals surface area contributed by atoms with Gasteiger partial charge in [-0.1, -0.05) is 62.4 Å². The van der Waals surface area contributed by atoms with Crippen LogP contribution in [0.3, 0.4) is 0 Å². The van der Waals surface area contributed by atoms with Gasteiger partial charge >= 0.3 is 35.9 Å². The number of hydrogen-bond donors (Lipinski definition) is 3. The maximum atomic E-state index is 14.3. The Labute approximate surface area is 309 Å². The first-order valence-electron chi connectivity index (χ1n) is 17.0. The highest BCUT2D eigenvalue weighted by atomic mass is 16.7. The Morgan fingerprint density at radius 1 is 0.852 bits per heavy atom. The van der Waals surface area contributed by atoms with Gasteiger partial charge in [0.15, 0.2) is 30.7 Å². The molecular formula is C36H41N3O15. The molecule has 8 atom stereocenters. The van der Waals surface area contributed by atoms with Gasteiger partial charge in [-0.25, -0.2) is 20.0 Å². The van der Waals surface area contributed by atoms with E-state index in [-0.39, 0.29) is 0 Å². The summed E-state index contributed by atoms with van der Waals surface area (Å²) in [6.45, 7) is 5.58. The standard InChI is InChI=1S/C36H41N3O15/c1-16(2)26-31(43)39(32(54-36(47)37-26)25-22-13-9-7-11-20(22)21-12-8-10-14-23(21)25)38-24(33(44)45)15-49-35-30(52-19(5)42)28(51-18(4)41)27(50-17(3)40)29(53-35)34(46)48-6/h7-14,16,24-30,32,35,38H,15H2,1-6H3,(H,37,47)(H,44,45)/t24-,26-,27-,28-,29-,30+,32-,35+/m0/s1. The summed E-state index contributed by atoms with van der Waals surface area (Å²) in [6, 6.07) is 11.7. The summed E-state index contributed by atoms with van der Waals surface area (Å²) in [5.41, 5.74) is 5.79. The predicted octanol–water partition coefficient (Wildman–Crippen LogP) is 1.39. The molecule has 0 aromatic heterocycles. The number of nitrogens with one attached hydrogen (secondary N) is 2. The molecule has 2 saturated heterocycles. The second kappa shape index (κ2) is 16.6. The van der Waals surface area contributed by atoms with Crippen molar-refractivity contribution in [3.63, 3.8) is 0 Å². The van der Waals surface area contributed by atoms with Gasteiger partial charge in [-0.05, 0) is 28.2 Å². The van der Waals surface area contributed by atoms with E-state index in [0.717, 1.165) is 55.1 Å². The van der Waals surface area contributed by atoms with Crippen LogP contribution in [0.2, 0.25) is 0 Å². The van der Waals surface area contributed by atoms with E-state index >= 15 is 0 Å². The third-order valence-electron chi connectivity index (χ3n) is 8.95. The topological polar surface area (TPSA) is 232 Å². The molecule has 54 heavy (non-hydrogen) atoms. The lowest BCUT2D eigenvalue weighted by Gasteiger charge is -2.43. The number of carboxylic acids is 1. The average molecular weight is 756 g/mol. The fraction of sp³-hybridized carbons (Fsp3) is 0.472. The fourth-order valence-corrected chi connectivity index (χ4v) is 6.70. The number of nitrogens with zero attached hydrogens (tertiary/aromatic N) is 1. The van der Waals surface area contributed by atoms with Gasteiger partial charge in [0, 0.05) is 20.8 Å². The molecule has 2 aromatic rings. The Hall–Kier alpha value is -5.59. The molecule has 0 unspecified atom stereocenters. The molecule has 0 spiro atoms. The van der Waals surface area contributed by atoms with Crippen molar-refractivity contribution in [3.8, 4) is 11.1 Å². The third kappa shape index (κ3) is 8.30. The molecule has 18 nitrogen and oxygen atoms in total. The summed E-state index contributed by atoms with van der Waals surface area (Å²) < 4.78 is 38.3. The second-order valence-corrected chi connectivity index (χ2v) is 13.0. The van der Waals surface area contributed by atoms with Crippen LogP contribution in [0.4, 0.5) is 4.79 Å². The van der Waals surface area contributed by atoms with E-state index in [9.17, 15) is 38.7 Å². The van der Waals surface area contributed by atoms with Gasteiger partial charge in [0.05, 0.1) is 19.6 Å². The van der Waals surface area contributed by atoms with Crippen molar-refractivity contribution in [2.24, 2.45) is 5.92 Å². The summed E-state index contributed by atoms with van der Waals surface area (Å²) in [5, 5.41) is 14.0. The number of fused-ring (bicyclic) bond motifs is 3. The number of carbonyl (C=O) groups excluding carboxylic acids is 6. The van der Waals surface area contributed by atoms with Crippen LogP contribution in [0, 0.1) is 5.92 Å². The molecule has 0 radical (unpaired) electrons. The van der Waals surface area contributed by atoms with E-state index in [1.807, 2.05) is 36.4 Å². The van der Waals surface area contributed by atoms with Gasteiger partial charge in [-0.2, -0.15) is 0 Å². The second-order valence-electron chi connectivity index (χ2n) is 13.0. The zero-order chi connectivity index (χ0) is 39.4. The van der Waals surface area contributed by atoms with Crippen LogP contribution in [-0.2, 0) is 61.9 Å². The quantitative estimate of drug-likeness (QED) is 0.205. The highest BCUT2D eigenvalue weighted by Crippen LogP contribution is 2.47. The third-order valence-corrected chi connectivity index (χ3v) is 8.95. The molecule has 18 heteroatoms. The number of ether oxygens (including phenoxy) is 7. The maximum absolute atomic E-state index is 14.3. The number of aliphatic carboxylic acids is 1. The Morgan fingerprint density at radius 3 is 1.91 bits per heavy atom. The number of cyclic esters (lactones) is 1. The number of esters is 4. The molecule has 5 rings (SSSR count). The van der Waals surface area contributed by atoms with E-state index in [0.29, 0.717) is 0 Å². The fourth-order valence-electron chi connectivity index (χ4n) is 6.70. The summed E-state index contributed by atoms with van der Waals surface area (Å²) in [5.74, 6) is -7.34. The number of rotatable bonds is 12. The molecule has 3 N–H and O–H groups in total. The Kier molecular flexibility index (Phi) is 12.2. The summed E-state index contributed by atoms with van der Waals surface area (Å²) >= 11 is 0. The zero-order valence-corrected chi connectivity index (χ0v) is 30.2. The largest absolute Gasteiger partial charge is 0.480 e. The van der Waals surface area contributed by atoms with Crippen molar-refractivity contribution in [1.82, 2.24) is 15.8 Å². The van der Waals surface area contributed by atoms with Gasteiger partial charge in [0.25, 0.3) is 5.91 Å². The molecule has 2 heterocycles. The number of carboxylic acid groups (broad SMARTS) is 1. The van der Waals surface area contributed by atoms with Crippen molar-refractivity contribution in [1.29, 1.82) is 0 Å². The monoisotopic (exact) mass is 755 g/mol. The van der Waals surface area contributed by atoms with Crippen LogP contribution < -0.4 is 10.7 Å². The first kappa shape index (κ1) is 39.6.